The summed E-state index contributed by atoms with van der Waals surface area (Å²) < 4.78 is 28.0. The average molecular weight is 447 g/mol. The van der Waals surface area contributed by atoms with Crippen LogP contribution in [0.5, 0.6) is 0 Å². The van der Waals surface area contributed by atoms with Gasteiger partial charge in [-0.1, -0.05) is 12.1 Å². The lowest BCUT2D eigenvalue weighted by Crippen LogP contribution is -2.37. The van der Waals surface area contributed by atoms with Crippen LogP contribution in [0.3, 0.4) is 0 Å². The highest BCUT2D eigenvalue weighted by atomic mass is 32.2. The van der Waals surface area contributed by atoms with Gasteiger partial charge in [0.2, 0.25) is 5.95 Å². The molecule has 1 aliphatic heterocycles. The van der Waals surface area contributed by atoms with Crippen LogP contribution >= 0.6 is 11.8 Å². The minimum atomic E-state index is -2.56. The maximum atomic E-state index is 13.2. The van der Waals surface area contributed by atoms with E-state index in [1.807, 2.05) is 16.7 Å². The van der Waals surface area contributed by atoms with Gasteiger partial charge in [-0.05, 0) is 37.7 Å². The van der Waals surface area contributed by atoms with Gasteiger partial charge in [-0.25, -0.2) is 13.5 Å². The molecular weight excluding hydrogens is 422 g/mol. The summed E-state index contributed by atoms with van der Waals surface area (Å²) in [5.74, 6) is 1.21. The molecule has 2 aliphatic rings. The van der Waals surface area contributed by atoms with Crippen LogP contribution in [0.2, 0.25) is 0 Å². The van der Waals surface area contributed by atoms with Gasteiger partial charge in [0, 0.05) is 29.9 Å². The lowest BCUT2D eigenvalue weighted by Gasteiger charge is -2.34. The van der Waals surface area contributed by atoms with Crippen LogP contribution in [0.1, 0.15) is 31.3 Å². The molecule has 1 aromatic carbocycles. The molecule has 3 heterocycles. The van der Waals surface area contributed by atoms with Crippen molar-refractivity contribution < 1.29 is 13.9 Å². The van der Waals surface area contributed by atoms with Gasteiger partial charge in [0.15, 0.2) is 5.65 Å². The van der Waals surface area contributed by atoms with Gasteiger partial charge in [0.1, 0.15) is 5.82 Å². The van der Waals surface area contributed by atoms with Crippen LogP contribution in [0, 0.1) is 0 Å². The van der Waals surface area contributed by atoms with Crippen molar-refractivity contribution in [1.82, 2.24) is 19.7 Å². The fraction of sp³-hybridized carbons (Fsp3) is 0.476. The normalized spacial score (nSPS) is 23.5. The molecule has 31 heavy (non-hydrogen) atoms. The highest BCUT2D eigenvalue weighted by Gasteiger charge is 2.30. The molecule has 10 heteroatoms. The molecular formula is C21H24F2N6OS. The van der Waals surface area contributed by atoms with Gasteiger partial charge < -0.3 is 15.3 Å². The largest absolute Gasteiger partial charge is 0.391 e. The van der Waals surface area contributed by atoms with E-state index in [2.05, 4.69) is 16.7 Å². The van der Waals surface area contributed by atoms with Crippen LogP contribution in [-0.2, 0) is 0 Å². The van der Waals surface area contributed by atoms with Gasteiger partial charge in [-0.15, -0.1) is 0 Å². The van der Waals surface area contributed by atoms with Gasteiger partial charge in [0.25, 0.3) is 6.43 Å². The third-order valence-electron chi connectivity index (χ3n) is 6.00. The van der Waals surface area contributed by atoms with E-state index in [0.29, 0.717) is 53.9 Å². The third kappa shape index (κ3) is 3.94. The van der Waals surface area contributed by atoms with E-state index >= 15 is 0 Å². The standard InChI is InChI=1S/C21H24F2N6OS/c1-31-16-8-13(9-16)25-21-26-19(28-6-5-15(30)11-28)17-10-24-29(20(17)27-21)14-4-2-3-12(7-14)18(22)23/h2-4,7,10,13,15-16,18,30H,5-6,8-9,11H2,1H3,(H,25,26,27). The Morgan fingerprint density at radius 2 is 2.10 bits per heavy atom. The first-order valence-corrected chi connectivity index (χ1v) is 11.7. The molecule has 1 saturated carbocycles. The van der Waals surface area contributed by atoms with Crippen LogP contribution < -0.4 is 10.2 Å². The molecule has 0 amide bonds. The fourth-order valence-corrected chi connectivity index (χ4v) is 5.02. The zero-order valence-electron chi connectivity index (χ0n) is 17.1. The minimum Gasteiger partial charge on any atom is -0.391 e. The number of fused-ring (bicyclic) bond motifs is 1. The Bertz CT molecular complexity index is 1090. The Morgan fingerprint density at radius 1 is 1.26 bits per heavy atom. The second-order valence-corrected chi connectivity index (χ2v) is 9.26. The average Bonchev–Trinajstić information content (AvgIpc) is 3.36. The van der Waals surface area contributed by atoms with Crippen molar-refractivity contribution in [2.75, 3.05) is 29.6 Å². The SMILES string of the molecule is CSC1CC(Nc2nc(N3CCC(O)C3)c3cnn(-c4cccc(C(F)F)c4)c3n2)C1. The highest BCUT2D eigenvalue weighted by molar-refractivity contribution is 7.99. The summed E-state index contributed by atoms with van der Waals surface area (Å²) in [5, 5.41) is 19.3. The number of nitrogens with zero attached hydrogens (tertiary/aromatic N) is 5. The van der Waals surface area contributed by atoms with Gasteiger partial charge >= 0.3 is 0 Å². The Kier molecular flexibility index (Phi) is 5.43. The number of hydrogen-bond donors (Lipinski definition) is 2. The number of alkyl halides is 2. The number of benzene rings is 1. The molecule has 1 aliphatic carbocycles. The number of aliphatic hydroxyl groups excluding tert-OH is 1. The molecule has 2 fully saturated rings. The third-order valence-corrected chi connectivity index (χ3v) is 7.05. The second-order valence-electron chi connectivity index (χ2n) is 8.12. The lowest BCUT2D eigenvalue weighted by atomic mass is 9.92. The van der Waals surface area contributed by atoms with Crippen molar-refractivity contribution in [2.24, 2.45) is 0 Å². The van der Waals surface area contributed by atoms with Crippen molar-refractivity contribution in [2.45, 2.75) is 43.1 Å². The second kappa shape index (κ2) is 8.23. The summed E-state index contributed by atoms with van der Waals surface area (Å²) in [6.45, 7) is 1.19. The molecule has 1 atom stereocenters. The zero-order valence-corrected chi connectivity index (χ0v) is 17.9. The molecule has 1 saturated heterocycles. The maximum absolute atomic E-state index is 13.2. The quantitative estimate of drug-likeness (QED) is 0.599. The van der Waals surface area contributed by atoms with E-state index in [1.54, 1.807) is 23.0 Å². The number of aromatic nitrogens is 4. The summed E-state index contributed by atoms with van der Waals surface area (Å²) >= 11 is 1.86. The van der Waals surface area contributed by atoms with E-state index in [9.17, 15) is 13.9 Å². The molecule has 0 radical (unpaired) electrons. The molecule has 0 bridgehead atoms. The van der Waals surface area contributed by atoms with E-state index in [-0.39, 0.29) is 5.56 Å². The fourth-order valence-electron chi connectivity index (χ4n) is 4.17. The van der Waals surface area contributed by atoms with Crippen molar-refractivity contribution >= 4 is 34.6 Å². The smallest absolute Gasteiger partial charge is 0.263 e. The van der Waals surface area contributed by atoms with Crippen molar-refractivity contribution in [1.29, 1.82) is 0 Å². The lowest BCUT2D eigenvalue weighted by molar-refractivity contribution is 0.151. The highest BCUT2D eigenvalue weighted by Crippen LogP contribution is 2.34. The summed E-state index contributed by atoms with van der Waals surface area (Å²) in [7, 11) is 0. The number of hydrogen-bond acceptors (Lipinski definition) is 7. The number of β-amino-alcohol motifs (C(OH)–C–C–N with tert-alkyl or cyclic N) is 1. The first-order valence-electron chi connectivity index (χ1n) is 10.4. The monoisotopic (exact) mass is 446 g/mol. The number of rotatable bonds is 6. The molecule has 0 spiro atoms. The molecule has 7 nitrogen and oxygen atoms in total. The van der Waals surface area contributed by atoms with Crippen molar-refractivity contribution in [3.63, 3.8) is 0 Å². The summed E-state index contributed by atoms with van der Waals surface area (Å²) in [5.41, 5.74) is 1.02. The van der Waals surface area contributed by atoms with Gasteiger partial charge in [0.05, 0.1) is 23.4 Å². The van der Waals surface area contributed by atoms with Gasteiger partial charge in [-0.2, -0.15) is 26.8 Å². The number of thioether (sulfide) groups is 1. The predicted molar refractivity (Wildman–Crippen MR) is 118 cm³/mol. The van der Waals surface area contributed by atoms with Crippen LogP contribution in [-0.4, -0.2) is 61.6 Å². The molecule has 5 rings (SSSR count). The predicted octanol–water partition coefficient (Wildman–Crippen LogP) is 3.63. The molecule has 3 aromatic rings. The topological polar surface area (TPSA) is 79.1 Å². The number of halogens is 2. The Morgan fingerprint density at radius 3 is 2.81 bits per heavy atom. The Balaban J connectivity index is 1.56. The maximum Gasteiger partial charge on any atom is 0.263 e. The van der Waals surface area contributed by atoms with Crippen molar-refractivity contribution in [3.8, 4) is 5.69 Å². The molecule has 164 valence electrons. The summed E-state index contributed by atoms with van der Waals surface area (Å²) in [6.07, 6.45) is 3.61. The van der Waals surface area contributed by atoms with E-state index < -0.39 is 12.5 Å². The van der Waals surface area contributed by atoms with Crippen LogP contribution in [0.15, 0.2) is 30.5 Å². The number of nitrogens with one attached hydrogen (secondary N) is 1. The van der Waals surface area contributed by atoms with E-state index in [4.69, 9.17) is 9.97 Å². The Hall–Kier alpha value is -2.46. The Labute approximate surface area is 182 Å². The first-order chi connectivity index (χ1) is 15.0. The van der Waals surface area contributed by atoms with Crippen LogP contribution in [0.4, 0.5) is 20.5 Å². The molecule has 2 aromatic heterocycles. The van der Waals surface area contributed by atoms with Crippen LogP contribution in [0.25, 0.3) is 16.7 Å². The van der Waals surface area contributed by atoms with Gasteiger partial charge in [-0.3, -0.25) is 0 Å². The minimum absolute atomic E-state index is 0.0611. The number of anilines is 2. The molecule has 2 N–H and O–H groups in total. The molecule has 1 unspecified atom stereocenters. The van der Waals surface area contributed by atoms with E-state index in [0.717, 1.165) is 18.2 Å². The summed E-state index contributed by atoms with van der Waals surface area (Å²) in [6, 6.07) is 6.48. The first kappa shape index (κ1) is 20.4. The number of aliphatic hydroxyl groups is 1. The summed E-state index contributed by atoms with van der Waals surface area (Å²) in [4.78, 5) is 11.5. The van der Waals surface area contributed by atoms with Crippen molar-refractivity contribution in [3.05, 3.63) is 36.0 Å². The zero-order chi connectivity index (χ0) is 21.5. The van der Waals surface area contributed by atoms with E-state index in [1.165, 1.54) is 12.1 Å².